The molecule has 0 bridgehead atoms. The third kappa shape index (κ3) is 2.85. The van der Waals surface area contributed by atoms with Crippen LogP contribution >= 0.6 is 0 Å². The van der Waals surface area contributed by atoms with Crippen molar-refractivity contribution >= 4 is 11.7 Å². The molecule has 0 saturated carbocycles. The molecule has 21 heavy (non-hydrogen) atoms. The largest absolute Gasteiger partial charge is 0.409 e. The molecule has 0 unspecified atom stereocenters. The number of carbonyl (C=O) groups excluding carboxylic acids is 1. The first-order chi connectivity index (χ1) is 9.87. The van der Waals surface area contributed by atoms with E-state index in [2.05, 4.69) is 15.2 Å². The van der Waals surface area contributed by atoms with Crippen LogP contribution < -0.4 is 5.73 Å². The second kappa shape index (κ2) is 5.72. The van der Waals surface area contributed by atoms with Gasteiger partial charge in [0.05, 0.1) is 5.54 Å². The number of amidine groups is 1. The zero-order valence-electron chi connectivity index (χ0n) is 12.7. The lowest BCUT2D eigenvalue weighted by molar-refractivity contribution is 0.0522. The maximum atomic E-state index is 12.4. The summed E-state index contributed by atoms with van der Waals surface area (Å²) >= 11 is 0. The third-order valence-electron chi connectivity index (χ3n) is 4.13. The molecular formula is C13H22N6O2. The second-order valence-corrected chi connectivity index (χ2v) is 5.66. The van der Waals surface area contributed by atoms with Crippen molar-refractivity contribution in [2.45, 2.75) is 19.4 Å². The Morgan fingerprint density at radius 2 is 2.00 bits per heavy atom. The molecule has 2 rings (SSSR count). The van der Waals surface area contributed by atoms with Gasteiger partial charge in [0.15, 0.2) is 5.84 Å². The maximum absolute atomic E-state index is 12.4. The quantitative estimate of drug-likeness (QED) is 0.345. The molecule has 0 aromatic carbocycles. The minimum atomic E-state index is -0.531. The van der Waals surface area contributed by atoms with E-state index < -0.39 is 5.54 Å². The van der Waals surface area contributed by atoms with Crippen molar-refractivity contribution in [2.24, 2.45) is 17.9 Å². The lowest BCUT2D eigenvalue weighted by atomic mass is 10.00. The molecule has 1 aliphatic rings. The number of nitrogens with two attached hydrogens (primary N) is 1. The third-order valence-corrected chi connectivity index (χ3v) is 4.13. The smallest absolute Gasteiger partial charge is 0.272 e. The summed E-state index contributed by atoms with van der Waals surface area (Å²) in [6, 6.07) is 1.72. The van der Waals surface area contributed by atoms with E-state index in [-0.39, 0.29) is 11.7 Å². The molecule has 1 amide bonds. The molecule has 116 valence electrons. The zero-order valence-corrected chi connectivity index (χ0v) is 12.7. The number of oxime groups is 1. The minimum Gasteiger partial charge on any atom is -0.409 e. The van der Waals surface area contributed by atoms with Gasteiger partial charge in [0.2, 0.25) is 0 Å². The van der Waals surface area contributed by atoms with E-state index in [1.165, 1.54) is 0 Å². The van der Waals surface area contributed by atoms with E-state index in [4.69, 9.17) is 10.9 Å². The van der Waals surface area contributed by atoms with Gasteiger partial charge in [-0.2, -0.15) is 5.10 Å². The van der Waals surface area contributed by atoms with Crippen LogP contribution in [0.1, 0.15) is 24.3 Å². The van der Waals surface area contributed by atoms with E-state index in [0.29, 0.717) is 31.9 Å². The van der Waals surface area contributed by atoms with Gasteiger partial charge in [-0.05, 0) is 19.9 Å². The number of amides is 1. The number of carbonyl (C=O) groups is 1. The summed E-state index contributed by atoms with van der Waals surface area (Å²) < 4.78 is 1.58. The summed E-state index contributed by atoms with van der Waals surface area (Å²) in [6.07, 6.45) is 1.62. The number of rotatable bonds is 3. The first kappa shape index (κ1) is 15.3. The molecule has 0 aliphatic carbocycles. The molecule has 1 fully saturated rings. The first-order valence-corrected chi connectivity index (χ1v) is 6.88. The molecule has 0 atom stereocenters. The van der Waals surface area contributed by atoms with Gasteiger partial charge in [0, 0.05) is 39.4 Å². The first-order valence-electron chi connectivity index (χ1n) is 6.88. The second-order valence-electron chi connectivity index (χ2n) is 5.66. The van der Waals surface area contributed by atoms with Gasteiger partial charge >= 0.3 is 0 Å². The van der Waals surface area contributed by atoms with Gasteiger partial charge < -0.3 is 15.8 Å². The fraction of sp³-hybridized carbons (Fsp3) is 0.615. The molecule has 2 heterocycles. The summed E-state index contributed by atoms with van der Waals surface area (Å²) in [7, 11) is 1.75. The van der Waals surface area contributed by atoms with Crippen molar-refractivity contribution in [1.82, 2.24) is 19.6 Å². The van der Waals surface area contributed by atoms with Crippen LogP contribution in [0.15, 0.2) is 17.4 Å². The average Bonchev–Trinajstić information content (AvgIpc) is 2.91. The Balaban J connectivity index is 2.01. The van der Waals surface area contributed by atoms with Crippen LogP contribution in [0.3, 0.4) is 0 Å². The van der Waals surface area contributed by atoms with Crippen molar-refractivity contribution in [3.63, 3.8) is 0 Å². The van der Waals surface area contributed by atoms with Crippen molar-refractivity contribution < 1.29 is 10.0 Å². The predicted molar refractivity (Wildman–Crippen MR) is 78.2 cm³/mol. The maximum Gasteiger partial charge on any atom is 0.272 e. The van der Waals surface area contributed by atoms with Crippen LogP contribution in [-0.2, 0) is 7.05 Å². The molecule has 8 nitrogen and oxygen atoms in total. The molecule has 8 heteroatoms. The molecule has 1 saturated heterocycles. The SMILES string of the molecule is Cn1nccc1C(=O)N1CCN(C(C)(C)C(N)=NO)CC1. The van der Waals surface area contributed by atoms with Crippen LogP contribution in [0.25, 0.3) is 0 Å². The van der Waals surface area contributed by atoms with Crippen molar-refractivity contribution in [1.29, 1.82) is 0 Å². The molecule has 1 aromatic heterocycles. The van der Waals surface area contributed by atoms with Crippen molar-refractivity contribution in [3.8, 4) is 0 Å². The number of hydrogen-bond donors (Lipinski definition) is 2. The zero-order chi connectivity index (χ0) is 15.6. The molecule has 0 radical (unpaired) electrons. The Bertz CT molecular complexity index is 543. The van der Waals surface area contributed by atoms with Crippen LogP contribution in [-0.4, -0.2) is 68.2 Å². The van der Waals surface area contributed by atoms with Gasteiger partial charge in [0.1, 0.15) is 5.69 Å². The van der Waals surface area contributed by atoms with Crippen molar-refractivity contribution in [3.05, 3.63) is 18.0 Å². The monoisotopic (exact) mass is 294 g/mol. The van der Waals surface area contributed by atoms with Crippen LogP contribution in [0.2, 0.25) is 0 Å². The molecule has 3 N–H and O–H groups in total. The van der Waals surface area contributed by atoms with E-state index in [0.717, 1.165) is 0 Å². The average molecular weight is 294 g/mol. The minimum absolute atomic E-state index is 0.0174. The van der Waals surface area contributed by atoms with Crippen molar-refractivity contribution in [2.75, 3.05) is 26.2 Å². The Morgan fingerprint density at radius 1 is 1.38 bits per heavy atom. The van der Waals surface area contributed by atoms with Gasteiger partial charge in [0.25, 0.3) is 5.91 Å². The number of hydrogen-bond acceptors (Lipinski definition) is 5. The Morgan fingerprint density at radius 3 is 2.48 bits per heavy atom. The fourth-order valence-corrected chi connectivity index (χ4v) is 2.50. The summed E-state index contributed by atoms with van der Waals surface area (Å²) in [5, 5.41) is 16.0. The lowest BCUT2D eigenvalue weighted by Gasteiger charge is -2.43. The highest BCUT2D eigenvalue weighted by molar-refractivity contribution is 5.92. The highest BCUT2D eigenvalue weighted by Crippen LogP contribution is 2.18. The molecule has 1 aliphatic heterocycles. The highest BCUT2D eigenvalue weighted by atomic mass is 16.4. The van der Waals surface area contributed by atoms with E-state index in [1.54, 1.807) is 28.9 Å². The normalized spacial score (nSPS) is 18.0. The number of aryl methyl sites for hydroxylation is 1. The topological polar surface area (TPSA) is 100.0 Å². The van der Waals surface area contributed by atoms with E-state index >= 15 is 0 Å². The number of nitrogens with zero attached hydrogens (tertiary/aromatic N) is 5. The summed E-state index contributed by atoms with van der Waals surface area (Å²) in [6.45, 7) is 6.36. The van der Waals surface area contributed by atoms with Crippen LogP contribution in [0.5, 0.6) is 0 Å². The van der Waals surface area contributed by atoms with Crippen LogP contribution in [0, 0.1) is 0 Å². The molecule has 0 spiro atoms. The molecular weight excluding hydrogens is 272 g/mol. The standard InChI is InChI=1S/C13H22N6O2/c1-13(2,12(14)16-21)19-8-6-18(7-9-19)11(20)10-4-5-15-17(10)3/h4-5,21H,6-9H2,1-3H3,(H2,14,16). The summed E-state index contributed by atoms with van der Waals surface area (Å²) in [4.78, 5) is 16.3. The highest BCUT2D eigenvalue weighted by Gasteiger charge is 2.35. The van der Waals surface area contributed by atoms with E-state index in [9.17, 15) is 4.79 Å². The Kier molecular flexibility index (Phi) is 4.17. The molecule has 1 aromatic rings. The van der Waals surface area contributed by atoms with E-state index in [1.807, 2.05) is 13.8 Å². The fourth-order valence-electron chi connectivity index (χ4n) is 2.50. The Labute approximate surface area is 123 Å². The lowest BCUT2D eigenvalue weighted by Crippen LogP contribution is -2.60. The number of piperazine rings is 1. The van der Waals surface area contributed by atoms with Gasteiger partial charge in [-0.3, -0.25) is 14.4 Å². The Hall–Kier alpha value is -2.09. The summed E-state index contributed by atoms with van der Waals surface area (Å²) in [5.41, 5.74) is 5.79. The van der Waals surface area contributed by atoms with Gasteiger partial charge in [-0.1, -0.05) is 5.16 Å². The van der Waals surface area contributed by atoms with Gasteiger partial charge in [-0.25, -0.2) is 0 Å². The predicted octanol–water partition coefficient (Wildman–Crippen LogP) is -0.297. The van der Waals surface area contributed by atoms with Gasteiger partial charge in [-0.15, -0.1) is 0 Å². The van der Waals surface area contributed by atoms with Crippen LogP contribution in [0.4, 0.5) is 0 Å². The number of aromatic nitrogens is 2. The summed E-state index contributed by atoms with van der Waals surface area (Å²) in [5.74, 6) is 0.158.